The van der Waals surface area contributed by atoms with Gasteiger partial charge in [-0.05, 0) is 20.3 Å². The quantitative estimate of drug-likeness (QED) is 0.327. The summed E-state index contributed by atoms with van der Waals surface area (Å²) in [4.78, 5) is 11.7. The summed E-state index contributed by atoms with van der Waals surface area (Å²) in [6.45, 7) is 10.7. The molecular formula is C13H24O3. The number of carbonyl (C=O) groups is 1. The lowest BCUT2D eigenvalue weighted by Gasteiger charge is -2.18. The summed E-state index contributed by atoms with van der Waals surface area (Å²) in [6.07, 6.45) is 3.08. The Kier molecular flexibility index (Phi) is 9.15. The second kappa shape index (κ2) is 9.55. The normalized spacial score (nSPS) is 10.8. The van der Waals surface area contributed by atoms with Gasteiger partial charge in [-0.3, -0.25) is 4.79 Å². The van der Waals surface area contributed by atoms with Crippen molar-refractivity contribution in [1.29, 1.82) is 0 Å². The summed E-state index contributed by atoms with van der Waals surface area (Å²) < 4.78 is 10.7. The van der Waals surface area contributed by atoms with Crippen LogP contribution in [-0.2, 0) is 14.3 Å². The molecule has 0 spiro atoms. The second-order valence-corrected chi connectivity index (χ2v) is 3.65. The van der Waals surface area contributed by atoms with Gasteiger partial charge < -0.3 is 9.47 Å². The first kappa shape index (κ1) is 15.3. The van der Waals surface area contributed by atoms with Crippen LogP contribution in [0.1, 0.15) is 46.5 Å². The highest BCUT2D eigenvalue weighted by molar-refractivity contribution is 5.95. The maximum Gasteiger partial charge on any atom is 0.186 e. The topological polar surface area (TPSA) is 35.5 Å². The van der Waals surface area contributed by atoms with E-state index in [9.17, 15) is 4.79 Å². The third-order valence-corrected chi connectivity index (χ3v) is 2.29. The summed E-state index contributed by atoms with van der Waals surface area (Å²) in [7, 11) is 0. The van der Waals surface area contributed by atoms with E-state index in [1.807, 2.05) is 13.8 Å². The fraction of sp³-hybridized carbons (Fsp3) is 0.769. The molecule has 0 unspecified atom stereocenters. The van der Waals surface area contributed by atoms with Crippen molar-refractivity contribution in [2.75, 3.05) is 13.2 Å². The molecule has 0 radical (unpaired) electrons. The minimum Gasteiger partial charge on any atom is -0.349 e. The summed E-state index contributed by atoms with van der Waals surface area (Å²) in [5.74, 6) is 0.0559. The molecule has 0 bridgehead atoms. The van der Waals surface area contributed by atoms with Gasteiger partial charge in [-0.1, -0.05) is 26.3 Å². The first-order valence-corrected chi connectivity index (χ1v) is 6.12. The zero-order valence-corrected chi connectivity index (χ0v) is 10.8. The zero-order chi connectivity index (χ0) is 12.4. The van der Waals surface area contributed by atoms with Crippen LogP contribution in [-0.4, -0.2) is 25.3 Å². The predicted molar refractivity (Wildman–Crippen MR) is 65.3 cm³/mol. The van der Waals surface area contributed by atoms with Gasteiger partial charge in [0.25, 0.3) is 0 Å². The monoisotopic (exact) mass is 228 g/mol. The van der Waals surface area contributed by atoms with Gasteiger partial charge in [0, 0.05) is 25.2 Å². The Hall–Kier alpha value is -0.670. The maximum absolute atomic E-state index is 11.7. The molecular weight excluding hydrogens is 204 g/mol. The van der Waals surface area contributed by atoms with E-state index in [1.165, 1.54) is 0 Å². The molecule has 0 atom stereocenters. The molecule has 0 rings (SSSR count). The van der Waals surface area contributed by atoms with E-state index in [0.29, 0.717) is 25.2 Å². The summed E-state index contributed by atoms with van der Waals surface area (Å²) in [5.41, 5.74) is 0.444. The van der Waals surface area contributed by atoms with Gasteiger partial charge >= 0.3 is 0 Å². The molecule has 0 saturated heterocycles. The molecule has 3 nitrogen and oxygen atoms in total. The molecule has 0 aromatic heterocycles. The Morgan fingerprint density at radius 1 is 1.12 bits per heavy atom. The molecule has 0 heterocycles. The molecule has 0 saturated carbocycles. The lowest BCUT2D eigenvalue weighted by atomic mass is 10.1. The third kappa shape index (κ3) is 6.03. The van der Waals surface area contributed by atoms with Gasteiger partial charge in [0.2, 0.25) is 0 Å². The van der Waals surface area contributed by atoms with E-state index >= 15 is 0 Å². The maximum atomic E-state index is 11.7. The van der Waals surface area contributed by atoms with Gasteiger partial charge in [-0.2, -0.15) is 0 Å². The van der Waals surface area contributed by atoms with Crippen molar-refractivity contribution in [3.05, 3.63) is 12.2 Å². The number of carbonyl (C=O) groups excluding carboxylic acids is 1. The Morgan fingerprint density at radius 3 is 2.12 bits per heavy atom. The fourth-order valence-corrected chi connectivity index (χ4v) is 1.38. The van der Waals surface area contributed by atoms with E-state index in [0.717, 1.165) is 19.3 Å². The summed E-state index contributed by atoms with van der Waals surface area (Å²) >= 11 is 0. The van der Waals surface area contributed by atoms with Crippen LogP contribution < -0.4 is 0 Å². The highest BCUT2D eigenvalue weighted by atomic mass is 16.7. The van der Waals surface area contributed by atoms with E-state index in [2.05, 4.69) is 13.5 Å². The van der Waals surface area contributed by atoms with Gasteiger partial charge in [-0.15, -0.1) is 0 Å². The third-order valence-electron chi connectivity index (χ3n) is 2.29. The Bertz CT molecular complexity index is 205. The largest absolute Gasteiger partial charge is 0.349 e. The van der Waals surface area contributed by atoms with Gasteiger partial charge in [0.15, 0.2) is 12.1 Å². The van der Waals surface area contributed by atoms with Crippen LogP contribution in [0.3, 0.4) is 0 Å². The van der Waals surface area contributed by atoms with Crippen LogP contribution in [0.4, 0.5) is 0 Å². The van der Waals surface area contributed by atoms with E-state index in [1.54, 1.807) is 0 Å². The van der Waals surface area contributed by atoms with Crippen LogP contribution in [0.15, 0.2) is 12.2 Å². The number of hydrogen-bond donors (Lipinski definition) is 0. The molecule has 0 aromatic carbocycles. The average molecular weight is 228 g/mol. The molecule has 3 heteroatoms. The summed E-state index contributed by atoms with van der Waals surface area (Å²) in [5, 5.41) is 0. The SMILES string of the molecule is C=C(C(=O)CCCCC)C(OCC)OCC. The lowest BCUT2D eigenvalue weighted by Crippen LogP contribution is -2.24. The number of rotatable bonds is 10. The van der Waals surface area contributed by atoms with Crippen molar-refractivity contribution in [3.63, 3.8) is 0 Å². The van der Waals surface area contributed by atoms with Gasteiger partial charge in [-0.25, -0.2) is 0 Å². The Labute approximate surface area is 98.8 Å². The van der Waals surface area contributed by atoms with Crippen molar-refractivity contribution in [2.24, 2.45) is 0 Å². The lowest BCUT2D eigenvalue weighted by molar-refractivity contribution is -0.131. The molecule has 0 aliphatic heterocycles. The first-order chi connectivity index (χ1) is 7.67. The smallest absolute Gasteiger partial charge is 0.186 e. The molecule has 0 aliphatic carbocycles. The highest BCUT2D eigenvalue weighted by Gasteiger charge is 2.18. The van der Waals surface area contributed by atoms with Crippen LogP contribution in [0.5, 0.6) is 0 Å². The van der Waals surface area contributed by atoms with Crippen molar-refractivity contribution >= 4 is 5.78 Å². The van der Waals surface area contributed by atoms with Crippen LogP contribution in [0, 0.1) is 0 Å². The Balaban J connectivity index is 4.09. The van der Waals surface area contributed by atoms with E-state index < -0.39 is 6.29 Å². The van der Waals surface area contributed by atoms with Crippen LogP contribution in [0.2, 0.25) is 0 Å². The standard InChI is InChI=1S/C13H24O3/c1-5-8-9-10-12(14)11(4)13(15-6-2)16-7-3/h13H,4-10H2,1-3H3. The van der Waals surface area contributed by atoms with Crippen LogP contribution in [0.25, 0.3) is 0 Å². The molecule has 94 valence electrons. The van der Waals surface area contributed by atoms with Crippen molar-refractivity contribution < 1.29 is 14.3 Å². The summed E-state index contributed by atoms with van der Waals surface area (Å²) in [6, 6.07) is 0. The number of ether oxygens (including phenoxy) is 2. The fourth-order valence-electron chi connectivity index (χ4n) is 1.38. The van der Waals surface area contributed by atoms with Crippen LogP contribution >= 0.6 is 0 Å². The number of Topliss-reactive ketones (excluding diaryl/α,β-unsaturated/α-hetero) is 1. The molecule has 0 N–H and O–H groups in total. The minimum absolute atomic E-state index is 0.0559. The predicted octanol–water partition coefficient (Wildman–Crippen LogP) is 3.09. The Morgan fingerprint density at radius 2 is 1.69 bits per heavy atom. The van der Waals surface area contributed by atoms with E-state index in [-0.39, 0.29) is 5.78 Å². The second-order valence-electron chi connectivity index (χ2n) is 3.65. The molecule has 0 fully saturated rings. The zero-order valence-electron chi connectivity index (χ0n) is 10.8. The molecule has 0 aromatic rings. The number of unbranched alkanes of at least 4 members (excludes halogenated alkanes) is 2. The number of ketones is 1. The van der Waals surface area contributed by atoms with Gasteiger partial charge in [0.1, 0.15) is 0 Å². The van der Waals surface area contributed by atoms with Crippen molar-refractivity contribution in [3.8, 4) is 0 Å². The minimum atomic E-state index is -0.566. The molecule has 0 aliphatic rings. The molecule has 0 amide bonds. The van der Waals surface area contributed by atoms with Crippen molar-refractivity contribution in [1.82, 2.24) is 0 Å². The van der Waals surface area contributed by atoms with Gasteiger partial charge in [0.05, 0.1) is 0 Å². The van der Waals surface area contributed by atoms with Crippen molar-refractivity contribution in [2.45, 2.75) is 52.7 Å². The average Bonchev–Trinajstić information content (AvgIpc) is 2.28. The first-order valence-electron chi connectivity index (χ1n) is 6.12. The van der Waals surface area contributed by atoms with E-state index in [4.69, 9.17) is 9.47 Å². The highest BCUT2D eigenvalue weighted by Crippen LogP contribution is 2.12. The molecule has 16 heavy (non-hydrogen) atoms. The number of hydrogen-bond acceptors (Lipinski definition) is 3.